The van der Waals surface area contributed by atoms with E-state index in [1.807, 2.05) is 12.4 Å². The fourth-order valence-electron chi connectivity index (χ4n) is 2.45. The van der Waals surface area contributed by atoms with Crippen molar-refractivity contribution in [3.05, 3.63) is 23.8 Å². The van der Waals surface area contributed by atoms with Crippen LogP contribution in [0.1, 0.15) is 55.8 Å². The van der Waals surface area contributed by atoms with Gasteiger partial charge in [0.15, 0.2) is 0 Å². The molecule has 0 saturated heterocycles. The van der Waals surface area contributed by atoms with Gasteiger partial charge in [-0.1, -0.05) is 25.7 Å². The van der Waals surface area contributed by atoms with E-state index in [4.69, 9.17) is 5.73 Å². The third-order valence-electron chi connectivity index (χ3n) is 3.42. The van der Waals surface area contributed by atoms with Crippen molar-refractivity contribution in [2.75, 3.05) is 6.54 Å². The molecule has 3 heteroatoms. The van der Waals surface area contributed by atoms with Crippen molar-refractivity contribution in [2.45, 2.75) is 50.9 Å². The van der Waals surface area contributed by atoms with Gasteiger partial charge in [-0.25, -0.2) is 9.97 Å². The quantitative estimate of drug-likeness (QED) is 0.794. The Balaban J connectivity index is 2.01. The molecule has 1 saturated carbocycles. The smallest absolute Gasteiger partial charge is 0.129 e. The minimum atomic E-state index is 0.628. The van der Waals surface area contributed by atoms with Gasteiger partial charge in [-0.05, 0) is 30.9 Å². The summed E-state index contributed by atoms with van der Waals surface area (Å²) in [6.07, 6.45) is 12.9. The first-order chi connectivity index (χ1) is 7.90. The maximum atomic E-state index is 5.48. The lowest BCUT2D eigenvalue weighted by molar-refractivity contribution is 0.586. The average molecular weight is 219 g/mol. The summed E-state index contributed by atoms with van der Waals surface area (Å²) in [4.78, 5) is 8.77. The predicted octanol–water partition coefficient (Wildman–Crippen LogP) is 2.42. The molecule has 16 heavy (non-hydrogen) atoms. The number of aromatic nitrogens is 2. The van der Waals surface area contributed by atoms with E-state index in [0.29, 0.717) is 12.5 Å². The van der Waals surface area contributed by atoms with E-state index in [9.17, 15) is 0 Å². The molecule has 0 amide bonds. The van der Waals surface area contributed by atoms with E-state index < -0.39 is 0 Å². The van der Waals surface area contributed by atoms with Crippen LogP contribution in [0, 0.1) is 0 Å². The zero-order chi connectivity index (χ0) is 11.2. The fraction of sp³-hybridized carbons (Fsp3) is 0.692. The second-order valence-corrected chi connectivity index (χ2v) is 4.66. The molecule has 1 aromatic rings. The largest absolute Gasteiger partial charge is 0.330 e. The molecule has 0 atom stereocenters. The highest BCUT2D eigenvalue weighted by atomic mass is 14.9. The normalized spacial score (nSPS) is 18.3. The Morgan fingerprint density at radius 2 is 1.69 bits per heavy atom. The van der Waals surface area contributed by atoms with Crippen molar-refractivity contribution in [3.8, 4) is 0 Å². The van der Waals surface area contributed by atoms with Crippen LogP contribution >= 0.6 is 0 Å². The van der Waals surface area contributed by atoms with Crippen LogP contribution < -0.4 is 5.73 Å². The van der Waals surface area contributed by atoms with Gasteiger partial charge in [0.1, 0.15) is 5.82 Å². The standard InChI is InChI=1S/C13H21N3/c14-8-7-13-15-9-12(10-16-13)11-5-3-1-2-4-6-11/h9-11H,1-8,14H2. The molecule has 1 heterocycles. The minimum absolute atomic E-state index is 0.628. The number of nitrogens with zero attached hydrogens (tertiary/aromatic N) is 2. The Bertz CT molecular complexity index is 299. The molecule has 0 spiro atoms. The van der Waals surface area contributed by atoms with Gasteiger partial charge in [-0.3, -0.25) is 0 Å². The second kappa shape index (κ2) is 5.94. The SMILES string of the molecule is NCCc1ncc(C2CCCCCC2)cn1. The summed E-state index contributed by atoms with van der Waals surface area (Å²) in [5.74, 6) is 1.56. The number of hydrogen-bond donors (Lipinski definition) is 1. The van der Waals surface area contributed by atoms with E-state index in [0.717, 1.165) is 12.2 Å². The summed E-state index contributed by atoms with van der Waals surface area (Å²) in [5, 5.41) is 0. The lowest BCUT2D eigenvalue weighted by Gasteiger charge is -2.13. The second-order valence-electron chi connectivity index (χ2n) is 4.66. The summed E-state index contributed by atoms with van der Waals surface area (Å²) >= 11 is 0. The summed E-state index contributed by atoms with van der Waals surface area (Å²) in [5.41, 5.74) is 6.80. The van der Waals surface area contributed by atoms with E-state index in [1.54, 1.807) is 0 Å². The molecule has 3 nitrogen and oxygen atoms in total. The van der Waals surface area contributed by atoms with Crippen molar-refractivity contribution in [1.82, 2.24) is 9.97 Å². The van der Waals surface area contributed by atoms with E-state index >= 15 is 0 Å². The molecule has 0 radical (unpaired) electrons. The molecule has 0 bridgehead atoms. The lowest BCUT2D eigenvalue weighted by atomic mass is 9.94. The van der Waals surface area contributed by atoms with Gasteiger partial charge >= 0.3 is 0 Å². The molecular formula is C13H21N3. The maximum absolute atomic E-state index is 5.48. The molecular weight excluding hydrogens is 198 g/mol. The molecule has 0 aromatic carbocycles. The topological polar surface area (TPSA) is 51.8 Å². The maximum Gasteiger partial charge on any atom is 0.129 e. The summed E-state index contributed by atoms with van der Waals surface area (Å²) < 4.78 is 0. The van der Waals surface area contributed by atoms with Gasteiger partial charge in [-0.15, -0.1) is 0 Å². The highest BCUT2D eigenvalue weighted by Crippen LogP contribution is 2.30. The minimum Gasteiger partial charge on any atom is -0.330 e. The Hall–Kier alpha value is -0.960. The molecule has 1 aliphatic carbocycles. The fourth-order valence-corrected chi connectivity index (χ4v) is 2.45. The van der Waals surface area contributed by atoms with Crippen LogP contribution in [-0.4, -0.2) is 16.5 Å². The van der Waals surface area contributed by atoms with Crippen LogP contribution in [0.15, 0.2) is 12.4 Å². The number of rotatable bonds is 3. The van der Waals surface area contributed by atoms with Crippen molar-refractivity contribution in [3.63, 3.8) is 0 Å². The Morgan fingerprint density at radius 3 is 2.25 bits per heavy atom. The van der Waals surface area contributed by atoms with Gasteiger partial charge in [0.2, 0.25) is 0 Å². The summed E-state index contributed by atoms with van der Waals surface area (Å²) in [6, 6.07) is 0. The van der Waals surface area contributed by atoms with Crippen LogP contribution in [0.3, 0.4) is 0 Å². The van der Waals surface area contributed by atoms with Crippen LogP contribution in [0.5, 0.6) is 0 Å². The van der Waals surface area contributed by atoms with Crippen molar-refractivity contribution in [1.29, 1.82) is 0 Å². The van der Waals surface area contributed by atoms with Crippen molar-refractivity contribution >= 4 is 0 Å². The predicted molar refractivity (Wildman–Crippen MR) is 65.2 cm³/mol. The molecule has 1 aromatic heterocycles. The zero-order valence-corrected chi connectivity index (χ0v) is 9.86. The molecule has 2 rings (SSSR count). The summed E-state index contributed by atoms with van der Waals surface area (Å²) in [7, 11) is 0. The number of hydrogen-bond acceptors (Lipinski definition) is 3. The molecule has 1 fully saturated rings. The zero-order valence-electron chi connectivity index (χ0n) is 9.86. The molecule has 0 aliphatic heterocycles. The first-order valence-corrected chi connectivity index (χ1v) is 6.41. The van der Waals surface area contributed by atoms with Crippen LogP contribution in [0.25, 0.3) is 0 Å². The van der Waals surface area contributed by atoms with Crippen LogP contribution in [-0.2, 0) is 6.42 Å². The van der Waals surface area contributed by atoms with Gasteiger partial charge in [-0.2, -0.15) is 0 Å². The van der Waals surface area contributed by atoms with E-state index in [1.165, 1.54) is 44.1 Å². The third kappa shape index (κ3) is 3.01. The van der Waals surface area contributed by atoms with Crippen LogP contribution in [0.4, 0.5) is 0 Å². The Kier molecular flexibility index (Phi) is 4.28. The Morgan fingerprint density at radius 1 is 1.06 bits per heavy atom. The first kappa shape index (κ1) is 11.5. The van der Waals surface area contributed by atoms with Gasteiger partial charge in [0, 0.05) is 18.8 Å². The summed E-state index contributed by atoms with van der Waals surface area (Å²) in [6.45, 7) is 0.628. The van der Waals surface area contributed by atoms with E-state index in [-0.39, 0.29) is 0 Å². The van der Waals surface area contributed by atoms with Gasteiger partial charge in [0.25, 0.3) is 0 Å². The molecule has 1 aliphatic rings. The van der Waals surface area contributed by atoms with Crippen molar-refractivity contribution < 1.29 is 0 Å². The molecule has 88 valence electrons. The van der Waals surface area contributed by atoms with Gasteiger partial charge in [0.05, 0.1) is 0 Å². The monoisotopic (exact) mass is 219 g/mol. The average Bonchev–Trinajstić information content (AvgIpc) is 2.59. The van der Waals surface area contributed by atoms with Crippen LogP contribution in [0.2, 0.25) is 0 Å². The lowest BCUT2D eigenvalue weighted by Crippen LogP contribution is -2.07. The Labute approximate surface area is 97.5 Å². The number of nitrogens with two attached hydrogens (primary N) is 1. The molecule has 2 N–H and O–H groups in total. The van der Waals surface area contributed by atoms with Gasteiger partial charge < -0.3 is 5.73 Å². The van der Waals surface area contributed by atoms with E-state index in [2.05, 4.69) is 9.97 Å². The highest BCUT2D eigenvalue weighted by molar-refractivity contribution is 5.12. The molecule has 0 unspecified atom stereocenters. The first-order valence-electron chi connectivity index (χ1n) is 6.41. The highest BCUT2D eigenvalue weighted by Gasteiger charge is 2.14. The van der Waals surface area contributed by atoms with Crippen molar-refractivity contribution in [2.24, 2.45) is 5.73 Å². The third-order valence-corrected chi connectivity index (χ3v) is 3.42.